The highest BCUT2D eigenvalue weighted by Gasteiger charge is 2.26. The van der Waals surface area contributed by atoms with Crippen LogP contribution in [0.2, 0.25) is 0 Å². The van der Waals surface area contributed by atoms with E-state index in [9.17, 15) is 33.2 Å². The summed E-state index contributed by atoms with van der Waals surface area (Å²) in [6, 6.07) is 8.74. The van der Waals surface area contributed by atoms with E-state index in [1.165, 1.54) is 36.4 Å². The molecule has 0 fully saturated rings. The molecule has 0 spiro atoms. The Kier molecular flexibility index (Phi) is 8.86. The van der Waals surface area contributed by atoms with Crippen LogP contribution in [0.15, 0.2) is 58.4 Å². The molecule has 0 radical (unpaired) electrons. The van der Waals surface area contributed by atoms with Gasteiger partial charge in [-0.05, 0) is 24.3 Å². The van der Waals surface area contributed by atoms with Crippen LogP contribution < -0.4 is 26.2 Å². The second kappa shape index (κ2) is 11.6. The zero-order chi connectivity index (χ0) is 25.3. The number of hydrogen-bond acceptors (Lipinski definition) is 8. The molecule has 0 bridgehead atoms. The van der Waals surface area contributed by atoms with E-state index in [-0.39, 0.29) is 35.3 Å². The molecule has 34 heavy (non-hydrogen) atoms. The van der Waals surface area contributed by atoms with E-state index in [0.717, 1.165) is 6.07 Å². The van der Waals surface area contributed by atoms with E-state index in [2.05, 4.69) is 10.3 Å². The molecule has 2 aromatic rings. The van der Waals surface area contributed by atoms with Crippen molar-refractivity contribution in [1.82, 2.24) is 10.0 Å². The van der Waals surface area contributed by atoms with Crippen molar-refractivity contribution in [2.45, 2.75) is 10.9 Å². The predicted molar refractivity (Wildman–Crippen MR) is 120 cm³/mol. The Morgan fingerprint density at radius 3 is 2.44 bits per heavy atom. The van der Waals surface area contributed by atoms with Gasteiger partial charge in [-0.2, -0.15) is 4.72 Å². The summed E-state index contributed by atoms with van der Waals surface area (Å²) in [5, 5.41) is 23.0. The summed E-state index contributed by atoms with van der Waals surface area (Å²) >= 11 is 0. The number of nitro groups is 1. The van der Waals surface area contributed by atoms with Gasteiger partial charge in [0.15, 0.2) is 11.7 Å². The van der Waals surface area contributed by atoms with E-state index in [4.69, 9.17) is 16.2 Å². The fourth-order valence-electron chi connectivity index (χ4n) is 2.58. The quantitative estimate of drug-likeness (QED) is 0.0827. The molecule has 7 N–H and O–H groups in total. The Balaban J connectivity index is 2.09. The number of nitrogens with two attached hydrogens (primary N) is 2. The van der Waals surface area contributed by atoms with Crippen molar-refractivity contribution in [2.24, 2.45) is 16.5 Å². The summed E-state index contributed by atoms with van der Waals surface area (Å²) in [5.41, 5.74) is 9.67. The number of sulfonamides is 1. The predicted octanol–water partition coefficient (Wildman–Crippen LogP) is -0.591. The highest BCUT2D eigenvalue weighted by Crippen LogP contribution is 2.28. The number of carbonyl (C=O) groups is 2. The molecule has 1 amide bonds. The van der Waals surface area contributed by atoms with Crippen molar-refractivity contribution in [1.29, 1.82) is 0 Å². The van der Waals surface area contributed by atoms with Gasteiger partial charge in [0, 0.05) is 18.2 Å². The van der Waals surface area contributed by atoms with Crippen molar-refractivity contribution in [2.75, 3.05) is 19.7 Å². The van der Waals surface area contributed by atoms with Gasteiger partial charge in [-0.25, -0.2) is 8.42 Å². The third-order valence-electron chi connectivity index (χ3n) is 4.18. The molecule has 2 rings (SSSR count). The summed E-state index contributed by atoms with van der Waals surface area (Å²) in [5.74, 6) is -2.70. The molecule has 2 aromatic carbocycles. The largest absolute Gasteiger partial charge is 0.485 e. The van der Waals surface area contributed by atoms with Crippen LogP contribution >= 0.6 is 0 Å². The highest BCUT2D eigenvalue weighted by atomic mass is 32.2. The molecule has 0 heterocycles. The lowest BCUT2D eigenvalue weighted by Crippen LogP contribution is -2.48. The first-order valence-corrected chi connectivity index (χ1v) is 11.0. The summed E-state index contributed by atoms with van der Waals surface area (Å²) in [4.78, 5) is 38.1. The second-order valence-electron chi connectivity index (χ2n) is 6.63. The molecule has 14 nitrogen and oxygen atoms in total. The number of hydrogen-bond donors (Lipinski definition) is 5. The lowest BCUT2D eigenvalue weighted by Gasteiger charge is -2.16. The first kappa shape index (κ1) is 26.0. The van der Waals surface area contributed by atoms with Crippen molar-refractivity contribution in [3.05, 3.63) is 64.2 Å². The fraction of sp³-hybridized carbons (Fsp3) is 0.211. The van der Waals surface area contributed by atoms with Crippen molar-refractivity contribution in [3.63, 3.8) is 0 Å². The number of guanidine groups is 1. The van der Waals surface area contributed by atoms with Gasteiger partial charge in [0.25, 0.3) is 5.91 Å². The topological polar surface area (TPSA) is 229 Å². The standard InChI is InChI=1S/C19H22N6O8S/c20-19(21)22-8-9-33-16-7-6-12(10-15(16)25(29)30)17(26)23-11-14(18(27)28)24-34(31,32)13-4-2-1-3-5-13/h1-7,10,14,24H,8-9,11H2,(H,23,26)(H,27,28)(H4,20,21,22)/t14-/m0/s1. The van der Waals surface area contributed by atoms with Crippen LogP contribution in [0.5, 0.6) is 5.75 Å². The number of nitrogens with zero attached hydrogens (tertiary/aromatic N) is 2. The summed E-state index contributed by atoms with van der Waals surface area (Å²) in [6.07, 6.45) is 0. The van der Waals surface area contributed by atoms with E-state index < -0.39 is 45.1 Å². The maximum atomic E-state index is 12.4. The van der Waals surface area contributed by atoms with Crippen LogP contribution in [0.25, 0.3) is 0 Å². The maximum absolute atomic E-state index is 12.4. The third kappa shape index (κ3) is 7.42. The molecule has 182 valence electrons. The minimum Gasteiger partial charge on any atom is -0.485 e. The van der Waals surface area contributed by atoms with Crippen LogP contribution in [0.3, 0.4) is 0 Å². The first-order chi connectivity index (χ1) is 16.0. The summed E-state index contributed by atoms with van der Waals surface area (Å²) < 4.78 is 32.0. The Morgan fingerprint density at radius 2 is 1.85 bits per heavy atom. The molecule has 0 saturated carbocycles. The normalized spacial score (nSPS) is 11.8. The Hall–Kier alpha value is -4.24. The van der Waals surface area contributed by atoms with E-state index >= 15 is 0 Å². The Bertz CT molecular complexity index is 1180. The van der Waals surface area contributed by atoms with Gasteiger partial charge in [-0.3, -0.25) is 24.7 Å². The molecular formula is C19H22N6O8S. The average molecular weight is 494 g/mol. The lowest BCUT2D eigenvalue weighted by molar-refractivity contribution is -0.385. The number of carbonyl (C=O) groups excluding carboxylic acids is 1. The zero-order valence-corrected chi connectivity index (χ0v) is 18.4. The Morgan fingerprint density at radius 1 is 1.18 bits per heavy atom. The molecular weight excluding hydrogens is 472 g/mol. The molecule has 0 aliphatic carbocycles. The number of rotatable bonds is 12. The van der Waals surface area contributed by atoms with Gasteiger partial charge in [-0.15, -0.1) is 0 Å². The van der Waals surface area contributed by atoms with Gasteiger partial charge < -0.3 is 26.6 Å². The summed E-state index contributed by atoms with van der Waals surface area (Å²) in [7, 11) is -4.17. The number of amides is 1. The van der Waals surface area contributed by atoms with Gasteiger partial charge in [-0.1, -0.05) is 18.2 Å². The van der Waals surface area contributed by atoms with Gasteiger partial charge in [0.2, 0.25) is 10.0 Å². The maximum Gasteiger partial charge on any atom is 0.323 e. The number of nitrogens with one attached hydrogen (secondary N) is 2. The van der Waals surface area contributed by atoms with Crippen LogP contribution in [-0.4, -0.2) is 62.0 Å². The molecule has 0 aliphatic heterocycles. The average Bonchev–Trinajstić information content (AvgIpc) is 2.79. The number of carboxylic acid groups (broad SMARTS) is 1. The molecule has 15 heteroatoms. The molecule has 0 unspecified atom stereocenters. The highest BCUT2D eigenvalue weighted by molar-refractivity contribution is 7.89. The number of benzene rings is 2. The number of aliphatic carboxylic acids is 1. The second-order valence-corrected chi connectivity index (χ2v) is 8.34. The molecule has 0 aromatic heterocycles. The van der Waals surface area contributed by atoms with Crippen LogP contribution in [0, 0.1) is 10.1 Å². The van der Waals surface area contributed by atoms with Gasteiger partial charge in [0.05, 0.1) is 16.4 Å². The fourth-order valence-corrected chi connectivity index (χ4v) is 3.80. The minimum absolute atomic E-state index is 0.0528. The number of ether oxygens (including phenoxy) is 1. The monoisotopic (exact) mass is 494 g/mol. The minimum atomic E-state index is -4.17. The van der Waals surface area contributed by atoms with Gasteiger partial charge in [0.1, 0.15) is 12.6 Å². The van der Waals surface area contributed by atoms with Gasteiger partial charge >= 0.3 is 11.7 Å². The Labute approximate surface area is 193 Å². The number of carboxylic acids is 1. The molecule has 1 atom stereocenters. The van der Waals surface area contributed by atoms with Crippen molar-refractivity contribution >= 4 is 33.5 Å². The van der Waals surface area contributed by atoms with Crippen molar-refractivity contribution < 1.29 is 32.8 Å². The van der Waals surface area contributed by atoms with Crippen LogP contribution in [0.1, 0.15) is 10.4 Å². The van der Waals surface area contributed by atoms with Crippen LogP contribution in [-0.2, 0) is 14.8 Å². The third-order valence-corrected chi connectivity index (χ3v) is 5.66. The van der Waals surface area contributed by atoms with E-state index in [1.54, 1.807) is 6.07 Å². The molecule has 0 saturated heterocycles. The van der Waals surface area contributed by atoms with Crippen molar-refractivity contribution in [3.8, 4) is 5.75 Å². The van der Waals surface area contributed by atoms with E-state index in [0.29, 0.717) is 0 Å². The smallest absolute Gasteiger partial charge is 0.323 e. The SMILES string of the molecule is NC(N)=NCCOc1ccc(C(=O)NC[C@H](NS(=O)(=O)c2ccccc2)C(=O)O)cc1[N+](=O)[O-]. The van der Waals surface area contributed by atoms with E-state index in [1.807, 2.05) is 4.72 Å². The number of nitro benzene ring substituents is 1. The summed E-state index contributed by atoms with van der Waals surface area (Å²) in [6.45, 7) is -0.631. The van der Waals surface area contributed by atoms with Crippen LogP contribution in [0.4, 0.5) is 5.69 Å². The molecule has 0 aliphatic rings. The zero-order valence-electron chi connectivity index (χ0n) is 17.6. The lowest BCUT2D eigenvalue weighted by atomic mass is 10.1. The number of aliphatic imine (C=N–C) groups is 1. The first-order valence-electron chi connectivity index (χ1n) is 9.56.